The number of rotatable bonds is 8. The van der Waals surface area contributed by atoms with Gasteiger partial charge in [0.1, 0.15) is 6.61 Å². The predicted molar refractivity (Wildman–Crippen MR) is 81.7 cm³/mol. The molecule has 0 amide bonds. The van der Waals surface area contributed by atoms with Crippen molar-refractivity contribution in [3.05, 3.63) is 22.7 Å². The van der Waals surface area contributed by atoms with Crippen molar-refractivity contribution in [1.82, 2.24) is 5.32 Å². The number of hydrogen-bond acceptors (Lipinski definition) is 4. The lowest BCUT2D eigenvalue weighted by atomic mass is 10.1. The second kappa shape index (κ2) is 8.35. The minimum Gasteiger partial charge on any atom is -0.493 e. The maximum atomic E-state index is 9.27. The molecule has 0 aliphatic carbocycles. The molecule has 0 heterocycles. The van der Waals surface area contributed by atoms with E-state index < -0.39 is 6.10 Å². The molecular formula is C15H24ClNO3. The summed E-state index contributed by atoms with van der Waals surface area (Å²) in [6.07, 6.45) is -0.553. The van der Waals surface area contributed by atoms with Gasteiger partial charge in [0.25, 0.3) is 0 Å². The van der Waals surface area contributed by atoms with Gasteiger partial charge in [-0.25, -0.2) is 0 Å². The summed E-state index contributed by atoms with van der Waals surface area (Å²) in [7, 11) is 1.58. The van der Waals surface area contributed by atoms with Gasteiger partial charge >= 0.3 is 0 Å². The van der Waals surface area contributed by atoms with E-state index in [0.717, 1.165) is 18.7 Å². The second-order valence-electron chi connectivity index (χ2n) is 5.29. The topological polar surface area (TPSA) is 50.7 Å². The molecule has 1 aromatic carbocycles. The number of nitrogens with one attached hydrogen (secondary N) is 1. The molecule has 1 atom stereocenters. The Morgan fingerprint density at radius 3 is 2.55 bits per heavy atom. The summed E-state index contributed by atoms with van der Waals surface area (Å²) < 4.78 is 10.8. The molecule has 2 N–H and O–H groups in total. The minimum absolute atomic E-state index is 0.182. The first-order chi connectivity index (χ1) is 9.43. The van der Waals surface area contributed by atoms with Gasteiger partial charge in [-0.2, -0.15) is 0 Å². The Bertz CT molecular complexity index is 422. The fourth-order valence-electron chi connectivity index (χ4n) is 1.72. The molecule has 20 heavy (non-hydrogen) atoms. The van der Waals surface area contributed by atoms with Crippen molar-refractivity contribution in [1.29, 1.82) is 0 Å². The molecule has 0 fully saturated rings. The average molecular weight is 302 g/mol. The van der Waals surface area contributed by atoms with E-state index in [0.29, 0.717) is 22.4 Å². The van der Waals surface area contributed by atoms with Crippen LogP contribution in [0.3, 0.4) is 0 Å². The Labute approximate surface area is 126 Å². The smallest absolute Gasteiger partial charge is 0.179 e. The molecule has 1 unspecified atom stereocenters. The zero-order chi connectivity index (χ0) is 15.1. The third kappa shape index (κ3) is 5.57. The van der Waals surface area contributed by atoms with Crippen LogP contribution >= 0.6 is 11.6 Å². The molecule has 1 rings (SSSR count). The van der Waals surface area contributed by atoms with Crippen molar-refractivity contribution < 1.29 is 14.6 Å². The van der Waals surface area contributed by atoms with Crippen molar-refractivity contribution in [2.24, 2.45) is 5.92 Å². The van der Waals surface area contributed by atoms with Gasteiger partial charge in [0, 0.05) is 6.54 Å². The first-order valence-electron chi connectivity index (χ1n) is 6.82. The lowest BCUT2D eigenvalue weighted by Gasteiger charge is -2.15. The summed E-state index contributed by atoms with van der Waals surface area (Å²) >= 11 is 6.22. The summed E-state index contributed by atoms with van der Waals surface area (Å²) in [6.45, 7) is 7.83. The van der Waals surface area contributed by atoms with Crippen molar-refractivity contribution >= 4 is 11.6 Å². The van der Waals surface area contributed by atoms with Crippen molar-refractivity contribution in [2.45, 2.75) is 33.4 Å². The summed E-state index contributed by atoms with van der Waals surface area (Å²) in [5.41, 5.74) is 1.04. The molecule has 0 saturated heterocycles. The van der Waals surface area contributed by atoms with E-state index in [-0.39, 0.29) is 6.61 Å². The van der Waals surface area contributed by atoms with E-state index >= 15 is 0 Å². The van der Waals surface area contributed by atoms with Crippen molar-refractivity contribution in [2.75, 3.05) is 20.3 Å². The Morgan fingerprint density at radius 1 is 1.30 bits per heavy atom. The highest BCUT2D eigenvalue weighted by Crippen LogP contribution is 2.36. The first kappa shape index (κ1) is 17.1. The summed E-state index contributed by atoms with van der Waals surface area (Å²) in [6, 6.07) is 3.76. The SMILES string of the molecule is COc1cc(CNCC(C)C)cc(Cl)c1OCC(C)O. The number of methoxy groups -OCH3 is 1. The van der Waals surface area contributed by atoms with Crippen LogP contribution in [0, 0.1) is 5.92 Å². The van der Waals surface area contributed by atoms with Gasteiger partial charge in [-0.15, -0.1) is 0 Å². The van der Waals surface area contributed by atoms with Crippen LogP contribution in [0.5, 0.6) is 11.5 Å². The maximum absolute atomic E-state index is 9.27. The van der Waals surface area contributed by atoms with E-state index in [1.165, 1.54) is 0 Å². The summed E-state index contributed by atoms with van der Waals surface area (Å²) in [4.78, 5) is 0. The number of ether oxygens (including phenoxy) is 2. The third-order valence-corrected chi connectivity index (χ3v) is 2.92. The molecule has 0 bridgehead atoms. The minimum atomic E-state index is -0.553. The van der Waals surface area contributed by atoms with Gasteiger partial charge in [0.2, 0.25) is 0 Å². The van der Waals surface area contributed by atoms with Crippen LogP contribution in [-0.4, -0.2) is 31.5 Å². The van der Waals surface area contributed by atoms with Crippen molar-refractivity contribution in [3.8, 4) is 11.5 Å². The molecule has 114 valence electrons. The highest BCUT2D eigenvalue weighted by Gasteiger charge is 2.13. The maximum Gasteiger partial charge on any atom is 0.179 e. The normalized spacial score (nSPS) is 12.6. The fraction of sp³-hybridized carbons (Fsp3) is 0.600. The molecule has 0 aromatic heterocycles. The van der Waals surface area contributed by atoms with Gasteiger partial charge in [0.05, 0.1) is 18.2 Å². The molecule has 0 radical (unpaired) electrons. The molecule has 4 nitrogen and oxygen atoms in total. The molecular weight excluding hydrogens is 278 g/mol. The summed E-state index contributed by atoms with van der Waals surface area (Å²) in [5.74, 6) is 1.66. The molecule has 0 saturated carbocycles. The van der Waals surface area contributed by atoms with E-state index in [4.69, 9.17) is 21.1 Å². The third-order valence-electron chi connectivity index (χ3n) is 2.64. The van der Waals surface area contributed by atoms with Gasteiger partial charge in [0.15, 0.2) is 11.5 Å². The largest absolute Gasteiger partial charge is 0.493 e. The monoisotopic (exact) mass is 301 g/mol. The van der Waals surface area contributed by atoms with Crippen LogP contribution in [0.2, 0.25) is 5.02 Å². The highest BCUT2D eigenvalue weighted by atomic mass is 35.5. The lowest BCUT2D eigenvalue weighted by molar-refractivity contribution is 0.120. The zero-order valence-corrected chi connectivity index (χ0v) is 13.3. The van der Waals surface area contributed by atoms with Crippen LogP contribution in [0.4, 0.5) is 0 Å². The Kier molecular flexibility index (Phi) is 7.13. The predicted octanol–water partition coefficient (Wildman–Crippen LogP) is 2.85. The van der Waals surface area contributed by atoms with Gasteiger partial charge in [-0.05, 0) is 37.1 Å². The van der Waals surface area contributed by atoms with Gasteiger partial charge in [-0.1, -0.05) is 25.4 Å². The second-order valence-corrected chi connectivity index (χ2v) is 5.70. The Morgan fingerprint density at radius 2 is 2.00 bits per heavy atom. The lowest BCUT2D eigenvalue weighted by Crippen LogP contribution is -2.19. The number of aliphatic hydroxyl groups excluding tert-OH is 1. The number of halogens is 1. The Balaban J connectivity index is 2.78. The van der Waals surface area contributed by atoms with Gasteiger partial charge in [-0.3, -0.25) is 0 Å². The Hall–Kier alpha value is -0.970. The van der Waals surface area contributed by atoms with Crippen LogP contribution in [0.15, 0.2) is 12.1 Å². The zero-order valence-electron chi connectivity index (χ0n) is 12.6. The van der Waals surface area contributed by atoms with Crippen molar-refractivity contribution in [3.63, 3.8) is 0 Å². The molecule has 0 aliphatic rings. The molecule has 0 spiro atoms. The highest BCUT2D eigenvalue weighted by molar-refractivity contribution is 6.32. The van der Waals surface area contributed by atoms with Crippen LogP contribution in [0.1, 0.15) is 26.3 Å². The van der Waals surface area contributed by atoms with E-state index in [1.54, 1.807) is 14.0 Å². The average Bonchev–Trinajstić information content (AvgIpc) is 2.36. The number of aliphatic hydroxyl groups is 1. The van der Waals surface area contributed by atoms with Gasteiger partial charge < -0.3 is 19.9 Å². The van der Waals surface area contributed by atoms with Crippen LogP contribution < -0.4 is 14.8 Å². The van der Waals surface area contributed by atoms with E-state index in [1.807, 2.05) is 12.1 Å². The standard InChI is InChI=1S/C15H24ClNO3/c1-10(2)7-17-8-12-5-13(16)15(14(6-12)19-4)20-9-11(3)18/h5-6,10-11,17-18H,7-9H2,1-4H3. The van der Waals surface area contributed by atoms with E-state index in [9.17, 15) is 5.11 Å². The van der Waals surface area contributed by atoms with E-state index in [2.05, 4.69) is 19.2 Å². The molecule has 1 aromatic rings. The molecule has 5 heteroatoms. The quantitative estimate of drug-likeness (QED) is 0.775. The number of hydrogen-bond donors (Lipinski definition) is 2. The first-order valence-corrected chi connectivity index (χ1v) is 7.19. The fourth-order valence-corrected chi connectivity index (χ4v) is 2.01. The number of benzene rings is 1. The molecule has 0 aliphatic heterocycles. The van der Waals surface area contributed by atoms with Crippen LogP contribution in [0.25, 0.3) is 0 Å². The summed E-state index contributed by atoms with van der Waals surface area (Å²) in [5, 5.41) is 13.1. The van der Waals surface area contributed by atoms with Crippen LogP contribution in [-0.2, 0) is 6.54 Å².